The minimum Gasteiger partial charge on any atom is -0.486 e. The normalized spacial score (nSPS) is 22.5. The van der Waals surface area contributed by atoms with Gasteiger partial charge in [-0.25, -0.2) is 0 Å². The first kappa shape index (κ1) is 15.3. The number of carbonyl (C=O) groups is 1. The Labute approximate surface area is 132 Å². The summed E-state index contributed by atoms with van der Waals surface area (Å²) < 4.78 is 5.89. The first-order chi connectivity index (χ1) is 10.7. The van der Waals surface area contributed by atoms with Crippen LogP contribution in [0.2, 0.25) is 0 Å². The number of carbonyl (C=O) groups excluding carboxylic acids is 1. The predicted molar refractivity (Wildman–Crippen MR) is 88.8 cm³/mol. The zero-order valence-electron chi connectivity index (χ0n) is 13.5. The van der Waals surface area contributed by atoms with Gasteiger partial charge >= 0.3 is 0 Å². The quantitative estimate of drug-likeness (QED) is 0.819. The summed E-state index contributed by atoms with van der Waals surface area (Å²) in [5.74, 6) is 1.01. The van der Waals surface area contributed by atoms with E-state index in [4.69, 9.17) is 4.74 Å². The number of hydrogen-bond acceptors (Lipinski definition) is 4. The average molecular weight is 302 g/mol. The van der Waals surface area contributed by atoms with Crippen molar-refractivity contribution < 1.29 is 9.53 Å². The van der Waals surface area contributed by atoms with Crippen LogP contribution in [0.15, 0.2) is 18.2 Å². The fourth-order valence-corrected chi connectivity index (χ4v) is 3.37. The number of nitrogens with one attached hydrogen (secondary N) is 2. The van der Waals surface area contributed by atoms with E-state index in [1.807, 2.05) is 25.1 Å². The van der Waals surface area contributed by atoms with Crippen LogP contribution in [0.1, 0.15) is 56.3 Å². The standard InChI is InChI=1S/C18H26N2O2/c1-3-15-11-19-16-10-13(8-9-17(16)22-15)18(21)12(2)20-14-6-4-5-7-14/h8-10,12,14-15,19-20H,3-7,11H2,1-2H3. The highest BCUT2D eigenvalue weighted by atomic mass is 16.5. The first-order valence-electron chi connectivity index (χ1n) is 8.52. The van der Waals surface area contributed by atoms with Crippen LogP contribution >= 0.6 is 0 Å². The molecule has 3 rings (SSSR count). The van der Waals surface area contributed by atoms with Crippen molar-refractivity contribution in [1.82, 2.24) is 5.32 Å². The molecule has 0 amide bonds. The van der Waals surface area contributed by atoms with Crippen molar-refractivity contribution in [1.29, 1.82) is 0 Å². The average Bonchev–Trinajstić information content (AvgIpc) is 3.06. The topological polar surface area (TPSA) is 50.4 Å². The van der Waals surface area contributed by atoms with Crippen molar-refractivity contribution in [2.75, 3.05) is 11.9 Å². The number of hydrogen-bond donors (Lipinski definition) is 2. The molecule has 1 heterocycles. The van der Waals surface area contributed by atoms with Gasteiger partial charge in [-0.2, -0.15) is 0 Å². The summed E-state index contributed by atoms with van der Waals surface area (Å²) in [5.41, 5.74) is 1.69. The lowest BCUT2D eigenvalue weighted by atomic mass is 10.0. The van der Waals surface area contributed by atoms with E-state index >= 15 is 0 Å². The summed E-state index contributed by atoms with van der Waals surface area (Å²) in [4.78, 5) is 12.6. The van der Waals surface area contributed by atoms with Crippen molar-refractivity contribution >= 4 is 11.5 Å². The molecule has 0 spiro atoms. The zero-order valence-corrected chi connectivity index (χ0v) is 13.5. The minimum absolute atomic E-state index is 0.131. The van der Waals surface area contributed by atoms with Crippen molar-refractivity contribution in [2.45, 2.75) is 64.1 Å². The molecule has 2 atom stereocenters. The summed E-state index contributed by atoms with van der Waals surface area (Å²) in [6.07, 6.45) is 6.13. The Morgan fingerprint density at radius 3 is 2.91 bits per heavy atom. The van der Waals surface area contributed by atoms with Crippen LogP contribution in [0.3, 0.4) is 0 Å². The van der Waals surface area contributed by atoms with Gasteiger partial charge < -0.3 is 15.4 Å². The van der Waals surface area contributed by atoms with Crippen molar-refractivity contribution in [3.05, 3.63) is 23.8 Å². The fourth-order valence-electron chi connectivity index (χ4n) is 3.37. The minimum atomic E-state index is -0.131. The van der Waals surface area contributed by atoms with Crippen LogP contribution in [0.25, 0.3) is 0 Å². The lowest BCUT2D eigenvalue weighted by Gasteiger charge is -2.27. The van der Waals surface area contributed by atoms with E-state index in [1.54, 1.807) is 0 Å². The van der Waals surface area contributed by atoms with Gasteiger partial charge in [-0.3, -0.25) is 4.79 Å². The summed E-state index contributed by atoms with van der Waals surface area (Å²) in [5, 5.41) is 6.85. The molecule has 0 bridgehead atoms. The number of fused-ring (bicyclic) bond motifs is 1. The maximum absolute atomic E-state index is 12.6. The smallest absolute Gasteiger partial charge is 0.179 e. The van der Waals surface area contributed by atoms with Gasteiger partial charge in [0.05, 0.1) is 18.3 Å². The van der Waals surface area contributed by atoms with E-state index in [9.17, 15) is 4.79 Å². The van der Waals surface area contributed by atoms with Gasteiger partial charge in [-0.15, -0.1) is 0 Å². The molecule has 0 saturated heterocycles. The molecule has 22 heavy (non-hydrogen) atoms. The van der Waals surface area contributed by atoms with Gasteiger partial charge in [0, 0.05) is 11.6 Å². The van der Waals surface area contributed by atoms with Gasteiger partial charge in [-0.1, -0.05) is 19.8 Å². The molecule has 2 aliphatic rings. The lowest BCUT2D eigenvalue weighted by molar-refractivity contribution is 0.0944. The number of rotatable bonds is 5. The summed E-state index contributed by atoms with van der Waals surface area (Å²) in [6.45, 7) is 4.89. The molecule has 4 heteroatoms. The molecule has 0 radical (unpaired) electrons. The van der Waals surface area contributed by atoms with Crippen molar-refractivity contribution in [3.8, 4) is 5.75 Å². The second-order valence-corrected chi connectivity index (χ2v) is 6.47. The van der Waals surface area contributed by atoms with Crippen molar-refractivity contribution in [2.24, 2.45) is 0 Å². The molecule has 0 aromatic heterocycles. The third-order valence-electron chi connectivity index (χ3n) is 4.77. The molecular formula is C18H26N2O2. The molecule has 1 aliphatic heterocycles. The van der Waals surface area contributed by atoms with Crippen LogP contribution < -0.4 is 15.4 Å². The maximum Gasteiger partial charge on any atom is 0.179 e. The Morgan fingerprint density at radius 2 is 2.18 bits per heavy atom. The Bertz CT molecular complexity index is 538. The van der Waals surface area contributed by atoms with Crippen molar-refractivity contribution in [3.63, 3.8) is 0 Å². The predicted octanol–water partition coefficient (Wildman–Crippen LogP) is 3.37. The number of benzene rings is 1. The van der Waals surface area contributed by atoms with E-state index in [0.29, 0.717) is 6.04 Å². The van der Waals surface area contributed by atoms with Crippen LogP contribution in [0.5, 0.6) is 5.75 Å². The highest BCUT2D eigenvalue weighted by molar-refractivity contribution is 6.01. The number of Topliss-reactive ketones (excluding diaryl/α,β-unsaturated/α-hetero) is 1. The monoisotopic (exact) mass is 302 g/mol. The molecule has 1 aromatic carbocycles. The summed E-state index contributed by atoms with van der Waals surface area (Å²) >= 11 is 0. The van der Waals surface area contributed by atoms with Gasteiger partial charge in [-0.05, 0) is 44.4 Å². The first-order valence-corrected chi connectivity index (χ1v) is 8.52. The molecule has 1 aliphatic carbocycles. The lowest BCUT2D eigenvalue weighted by Crippen LogP contribution is -2.40. The largest absolute Gasteiger partial charge is 0.486 e. The highest BCUT2D eigenvalue weighted by Crippen LogP contribution is 2.31. The van der Waals surface area contributed by atoms with Gasteiger partial charge in [0.15, 0.2) is 5.78 Å². The zero-order chi connectivity index (χ0) is 15.5. The number of ether oxygens (including phenoxy) is 1. The molecule has 1 saturated carbocycles. The fraction of sp³-hybridized carbons (Fsp3) is 0.611. The van der Waals surface area contributed by atoms with Gasteiger partial charge in [0.1, 0.15) is 11.9 Å². The Kier molecular flexibility index (Phi) is 4.67. The molecule has 2 unspecified atom stereocenters. The summed E-state index contributed by atoms with van der Waals surface area (Å²) in [6, 6.07) is 6.10. The van der Waals surface area contributed by atoms with Crippen LogP contribution in [-0.2, 0) is 0 Å². The second kappa shape index (κ2) is 6.69. The van der Waals surface area contributed by atoms with Crippen LogP contribution in [0.4, 0.5) is 5.69 Å². The Balaban J connectivity index is 1.68. The molecule has 1 aromatic rings. The van der Waals surface area contributed by atoms with E-state index in [-0.39, 0.29) is 17.9 Å². The maximum atomic E-state index is 12.6. The summed E-state index contributed by atoms with van der Waals surface area (Å²) in [7, 11) is 0. The molecule has 4 nitrogen and oxygen atoms in total. The highest BCUT2D eigenvalue weighted by Gasteiger charge is 2.23. The van der Waals surface area contributed by atoms with Gasteiger partial charge in [0.25, 0.3) is 0 Å². The molecule has 1 fully saturated rings. The van der Waals surface area contributed by atoms with E-state index in [1.165, 1.54) is 25.7 Å². The Morgan fingerprint density at radius 1 is 1.41 bits per heavy atom. The molecule has 120 valence electrons. The second-order valence-electron chi connectivity index (χ2n) is 6.47. The van der Waals surface area contributed by atoms with E-state index in [2.05, 4.69) is 17.6 Å². The number of ketones is 1. The van der Waals surface area contributed by atoms with Crippen LogP contribution in [0, 0.1) is 0 Å². The third-order valence-corrected chi connectivity index (χ3v) is 4.77. The Hall–Kier alpha value is -1.55. The number of anilines is 1. The van der Waals surface area contributed by atoms with E-state index < -0.39 is 0 Å². The van der Waals surface area contributed by atoms with Gasteiger partial charge in [0.2, 0.25) is 0 Å². The molecule has 2 N–H and O–H groups in total. The molecular weight excluding hydrogens is 276 g/mol. The SMILES string of the molecule is CCC1CNc2cc(C(=O)C(C)NC3CCCC3)ccc2O1. The third kappa shape index (κ3) is 3.27. The van der Waals surface area contributed by atoms with E-state index in [0.717, 1.165) is 30.0 Å². The van der Waals surface area contributed by atoms with Crippen LogP contribution in [-0.4, -0.2) is 30.5 Å².